The first-order valence-electron chi connectivity index (χ1n) is 9.33. The fraction of sp³-hybridized carbons (Fsp3) is 0.273. The van der Waals surface area contributed by atoms with Crippen molar-refractivity contribution >= 4 is 11.7 Å². The predicted molar refractivity (Wildman–Crippen MR) is 107 cm³/mol. The minimum atomic E-state index is -0.112. The number of carbonyl (C=O) groups excluding carboxylic acids is 1. The number of methoxy groups -OCH3 is 1. The molecule has 6 heteroatoms. The maximum atomic E-state index is 12.5. The number of hydrogen-bond acceptors (Lipinski definition) is 4. The first-order chi connectivity index (χ1) is 13.5. The number of rotatable bonds is 5. The van der Waals surface area contributed by atoms with Crippen LogP contribution in [0.3, 0.4) is 0 Å². The van der Waals surface area contributed by atoms with Crippen LogP contribution in [0.4, 0.5) is 5.82 Å². The van der Waals surface area contributed by atoms with E-state index in [0.717, 1.165) is 28.4 Å². The van der Waals surface area contributed by atoms with Gasteiger partial charge in [-0.1, -0.05) is 12.1 Å². The second kappa shape index (κ2) is 7.38. The van der Waals surface area contributed by atoms with Crippen LogP contribution >= 0.6 is 0 Å². The van der Waals surface area contributed by atoms with Crippen LogP contribution in [0.2, 0.25) is 0 Å². The van der Waals surface area contributed by atoms with Crippen molar-refractivity contribution in [2.45, 2.75) is 32.3 Å². The smallest absolute Gasteiger partial charge is 0.226 e. The van der Waals surface area contributed by atoms with Gasteiger partial charge in [-0.15, -0.1) is 0 Å². The molecule has 0 aliphatic carbocycles. The number of ether oxygens (including phenoxy) is 2. The van der Waals surface area contributed by atoms with E-state index in [0.29, 0.717) is 12.2 Å². The maximum absolute atomic E-state index is 12.5. The lowest BCUT2D eigenvalue weighted by molar-refractivity contribution is -0.116. The number of imidazole rings is 1. The lowest BCUT2D eigenvalue weighted by Crippen LogP contribution is -2.25. The molecular formula is C22H23N3O3. The second-order valence-electron chi connectivity index (χ2n) is 7.09. The Bertz CT molecular complexity index is 993. The molecule has 2 aromatic carbocycles. The van der Waals surface area contributed by atoms with Crippen molar-refractivity contribution in [1.82, 2.24) is 9.55 Å². The Morgan fingerprint density at radius 1 is 1.14 bits per heavy atom. The van der Waals surface area contributed by atoms with E-state index >= 15 is 0 Å². The van der Waals surface area contributed by atoms with Gasteiger partial charge in [0.2, 0.25) is 5.91 Å². The SMILES string of the molecule is COc1ccc(-n2cnc3c2NC(=O)C[C@H]3c2cccc(OC(C)C)c2)cc1. The van der Waals surface area contributed by atoms with E-state index in [2.05, 4.69) is 10.3 Å². The number of hydrogen-bond donors (Lipinski definition) is 1. The molecule has 6 nitrogen and oxygen atoms in total. The molecule has 4 rings (SSSR count). The molecule has 3 aromatic rings. The van der Waals surface area contributed by atoms with E-state index in [1.165, 1.54) is 0 Å². The molecule has 0 radical (unpaired) electrons. The minimum absolute atomic E-state index is 0.0251. The van der Waals surface area contributed by atoms with Crippen LogP contribution in [-0.2, 0) is 4.79 Å². The van der Waals surface area contributed by atoms with Crippen molar-refractivity contribution in [3.8, 4) is 17.2 Å². The van der Waals surface area contributed by atoms with E-state index < -0.39 is 0 Å². The Kier molecular flexibility index (Phi) is 4.77. The average molecular weight is 377 g/mol. The molecule has 0 saturated carbocycles. The fourth-order valence-electron chi connectivity index (χ4n) is 3.50. The molecule has 0 saturated heterocycles. The molecule has 1 amide bonds. The topological polar surface area (TPSA) is 65.4 Å². The van der Waals surface area contributed by atoms with Crippen molar-refractivity contribution in [3.05, 3.63) is 66.1 Å². The number of carbonyl (C=O) groups is 1. The van der Waals surface area contributed by atoms with Gasteiger partial charge < -0.3 is 14.8 Å². The van der Waals surface area contributed by atoms with Gasteiger partial charge >= 0.3 is 0 Å². The van der Waals surface area contributed by atoms with E-state index in [1.807, 2.05) is 66.9 Å². The third kappa shape index (κ3) is 3.45. The molecule has 1 N–H and O–H groups in total. The van der Waals surface area contributed by atoms with Crippen LogP contribution in [-0.4, -0.2) is 28.7 Å². The lowest BCUT2D eigenvalue weighted by Gasteiger charge is -2.24. The molecule has 1 aliphatic heterocycles. The van der Waals surface area contributed by atoms with Gasteiger partial charge in [0, 0.05) is 18.0 Å². The number of amides is 1. The van der Waals surface area contributed by atoms with Gasteiger partial charge in [-0.05, 0) is 55.8 Å². The Morgan fingerprint density at radius 2 is 1.93 bits per heavy atom. The number of nitrogens with zero attached hydrogens (tertiary/aromatic N) is 2. The molecule has 2 heterocycles. The van der Waals surface area contributed by atoms with Gasteiger partial charge in [0.25, 0.3) is 0 Å². The van der Waals surface area contributed by atoms with Crippen LogP contribution < -0.4 is 14.8 Å². The van der Waals surface area contributed by atoms with Crippen molar-refractivity contribution < 1.29 is 14.3 Å². The van der Waals surface area contributed by atoms with Gasteiger partial charge in [-0.25, -0.2) is 4.98 Å². The monoisotopic (exact) mass is 377 g/mol. The van der Waals surface area contributed by atoms with E-state index in [4.69, 9.17) is 9.47 Å². The lowest BCUT2D eigenvalue weighted by atomic mass is 9.89. The summed E-state index contributed by atoms with van der Waals surface area (Å²) in [6, 6.07) is 15.6. The number of nitrogens with one attached hydrogen (secondary N) is 1. The van der Waals surface area contributed by atoms with Gasteiger partial charge in [0.15, 0.2) is 0 Å². The largest absolute Gasteiger partial charge is 0.497 e. The predicted octanol–water partition coefficient (Wildman–Crippen LogP) is 4.14. The molecule has 28 heavy (non-hydrogen) atoms. The summed E-state index contributed by atoms with van der Waals surface area (Å²) in [6.45, 7) is 3.99. The Morgan fingerprint density at radius 3 is 2.64 bits per heavy atom. The van der Waals surface area contributed by atoms with Crippen molar-refractivity contribution in [2.75, 3.05) is 12.4 Å². The quantitative estimate of drug-likeness (QED) is 0.726. The summed E-state index contributed by atoms with van der Waals surface area (Å²) in [5, 5.41) is 2.98. The zero-order valence-electron chi connectivity index (χ0n) is 16.2. The molecule has 0 bridgehead atoms. The van der Waals surface area contributed by atoms with Crippen molar-refractivity contribution in [2.24, 2.45) is 0 Å². The zero-order chi connectivity index (χ0) is 19.7. The standard InChI is InChI=1S/C22H23N3O3/c1-14(2)28-18-6-4-5-15(11-18)19-12-20(26)24-22-21(19)23-13-25(22)16-7-9-17(27-3)10-8-16/h4-11,13-14,19H,12H2,1-3H3,(H,24,26)/t19-/m0/s1. The van der Waals surface area contributed by atoms with Crippen molar-refractivity contribution in [3.63, 3.8) is 0 Å². The van der Waals surface area contributed by atoms with E-state index in [9.17, 15) is 4.79 Å². The number of aromatic nitrogens is 2. The Hall–Kier alpha value is -3.28. The van der Waals surface area contributed by atoms with Crippen LogP contribution in [0.1, 0.15) is 37.4 Å². The van der Waals surface area contributed by atoms with E-state index in [1.54, 1.807) is 13.4 Å². The number of benzene rings is 2. The fourth-order valence-corrected chi connectivity index (χ4v) is 3.50. The van der Waals surface area contributed by atoms with Crippen LogP contribution in [0.5, 0.6) is 11.5 Å². The normalized spacial score (nSPS) is 15.9. The Balaban J connectivity index is 1.72. The summed E-state index contributed by atoms with van der Waals surface area (Å²) in [7, 11) is 1.63. The van der Waals surface area contributed by atoms with Gasteiger partial charge in [-0.3, -0.25) is 9.36 Å². The molecule has 0 unspecified atom stereocenters. The molecule has 1 atom stereocenters. The molecule has 1 aromatic heterocycles. The molecular weight excluding hydrogens is 354 g/mol. The van der Waals surface area contributed by atoms with Gasteiger partial charge in [-0.2, -0.15) is 0 Å². The summed E-state index contributed by atoms with van der Waals surface area (Å²) in [5.41, 5.74) is 2.79. The van der Waals surface area contributed by atoms with Gasteiger partial charge in [0.1, 0.15) is 23.6 Å². The summed E-state index contributed by atoms with van der Waals surface area (Å²) in [6.07, 6.45) is 2.20. The summed E-state index contributed by atoms with van der Waals surface area (Å²) in [5.74, 6) is 2.15. The summed E-state index contributed by atoms with van der Waals surface area (Å²) in [4.78, 5) is 17.1. The highest BCUT2D eigenvalue weighted by atomic mass is 16.5. The highest BCUT2D eigenvalue weighted by molar-refractivity contribution is 5.94. The highest BCUT2D eigenvalue weighted by Gasteiger charge is 2.31. The minimum Gasteiger partial charge on any atom is -0.497 e. The Labute approximate surface area is 164 Å². The zero-order valence-corrected chi connectivity index (χ0v) is 16.2. The van der Waals surface area contributed by atoms with Gasteiger partial charge in [0.05, 0.1) is 18.9 Å². The van der Waals surface area contributed by atoms with E-state index in [-0.39, 0.29) is 17.9 Å². The first kappa shape index (κ1) is 18.1. The van der Waals surface area contributed by atoms with Crippen LogP contribution in [0.15, 0.2) is 54.9 Å². The number of fused-ring (bicyclic) bond motifs is 1. The first-order valence-corrected chi connectivity index (χ1v) is 9.33. The average Bonchev–Trinajstić information content (AvgIpc) is 3.11. The summed E-state index contributed by atoms with van der Waals surface area (Å²) >= 11 is 0. The van der Waals surface area contributed by atoms with Crippen molar-refractivity contribution in [1.29, 1.82) is 0 Å². The second-order valence-corrected chi connectivity index (χ2v) is 7.09. The third-order valence-electron chi connectivity index (χ3n) is 4.76. The molecule has 0 fully saturated rings. The van der Waals surface area contributed by atoms with Crippen LogP contribution in [0, 0.1) is 0 Å². The molecule has 1 aliphatic rings. The number of anilines is 1. The maximum Gasteiger partial charge on any atom is 0.226 e. The molecule has 0 spiro atoms. The summed E-state index contributed by atoms with van der Waals surface area (Å²) < 4.78 is 12.9. The highest BCUT2D eigenvalue weighted by Crippen LogP contribution is 2.38. The van der Waals surface area contributed by atoms with Crippen LogP contribution in [0.25, 0.3) is 5.69 Å². The molecule has 144 valence electrons. The third-order valence-corrected chi connectivity index (χ3v) is 4.76.